The van der Waals surface area contributed by atoms with Crippen molar-refractivity contribution < 1.29 is 23.1 Å². The fourth-order valence-electron chi connectivity index (χ4n) is 3.99. The molecule has 8 heteroatoms. The zero-order valence-corrected chi connectivity index (χ0v) is 18.5. The lowest BCUT2D eigenvalue weighted by molar-refractivity contribution is -0.129. The number of aromatic nitrogens is 2. The molecule has 0 unspecified atom stereocenters. The summed E-state index contributed by atoms with van der Waals surface area (Å²) in [5, 5.41) is 7.24. The Morgan fingerprint density at radius 2 is 1.58 bits per heavy atom. The number of hydrogen-bond acceptors (Lipinski definition) is 4. The fraction of sp³-hybridized carbons (Fsp3) is 0.320. The van der Waals surface area contributed by atoms with Gasteiger partial charge in [-0.2, -0.15) is 5.10 Å². The first-order valence-electron chi connectivity index (χ1n) is 11.0. The largest absolute Gasteiger partial charge is 0.448 e. The first-order valence-corrected chi connectivity index (χ1v) is 11.0. The van der Waals surface area contributed by atoms with Crippen LogP contribution in [0.15, 0.2) is 48.5 Å². The summed E-state index contributed by atoms with van der Waals surface area (Å²) in [5.41, 5.74) is 3.29. The van der Waals surface area contributed by atoms with E-state index in [1.807, 2.05) is 0 Å². The molecule has 0 bridgehead atoms. The van der Waals surface area contributed by atoms with Crippen molar-refractivity contribution in [3.05, 3.63) is 82.7 Å². The van der Waals surface area contributed by atoms with E-state index in [9.17, 15) is 18.4 Å². The van der Waals surface area contributed by atoms with Crippen molar-refractivity contribution >= 4 is 11.9 Å². The monoisotopic (exact) mass is 453 g/mol. The molecule has 1 N–H and O–H groups in total. The van der Waals surface area contributed by atoms with Gasteiger partial charge in [0, 0.05) is 11.3 Å². The number of rotatable bonds is 6. The number of amides is 1. The Labute approximate surface area is 190 Å². The average molecular weight is 453 g/mol. The van der Waals surface area contributed by atoms with Crippen LogP contribution in [0.1, 0.15) is 60.0 Å². The van der Waals surface area contributed by atoms with Gasteiger partial charge < -0.3 is 10.1 Å². The maximum absolute atomic E-state index is 13.4. The van der Waals surface area contributed by atoms with Gasteiger partial charge in [0.25, 0.3) is 5.91 Å². The summed E-state index contributed by atoms with van der Waals surface area (Å²) in [4.78, 5) is 25.5. The number of ether oxygens (including phenoxy) is 1. The van der Waals surface area contributed by atoms with Crippen molar-refractivity contribution in [3.8, 4) is 5.69 Å². The molecule has 6 nitrogen and oxygen atoms in total. The summed E-state index contributed by atoms with van der Waals surface area (Å²) in [6.07, 6.45) is 2.28. The van der Waals surface area contributed by atoms with Gasteiger partial charge >= 0.3 is 5.97 Å². The van der Waals surface area contributed by atoms with Crippen molar-refractivity contribution in [3.63, 3.8) is 0 Å². The second kappa shape index (κ2) is 9.52. The van der Waals surface area contributed by atoms with E-state index in [2.05, 4.69) is 10.4 Å². The summed E-state index contributed by atoms with van der Waals surface area (Å²) in [6, 6.07) is 11.3. The third-order valence-electron chi connectivity index (χ3n) is 5.83. The van der Waals surface area contributed by atoms with Gasteiger partial charge in [0.1, 0.15) is 11.6 Å². The van der Waals surface area contributed by atoms with Gasteiger partial charge in [-0.15, -0.1) is 0 Å². The minimum absolute atomic E-state index is 0.181. The number of carbonyl (C=O) groups is 2. The number of halogens is 2. The van der Waals surface area contributed by atoms with Gasteiger partial charge in [0.15, 0.2) is 11.8 Å². The molecule has 1 aliphatic rings. The van der Waals surface area contributed by atoms with Crippen LogP contribution in [0.25, 0.3) is 5.69 Å². The van der Waals surface area contributed by atoms with Gasteiger partial charge in [-0.3, -0.25) is 4.79 Å². The van der Waals surface area contributed by atoms with Crippen molar-refractivity contribution in [1.82, 2.24) is 15.1 Å². The highest BCUT2D eigenvalue weighted by Crippen LogP contribution is 2.28. The molecule has 4 rings (SSSR count). The number of fused-ring (bicyclic) bond motifs is 1. The van der Waals surface area contributed by atoms with Gasteiger partial charge in [0.2, 0.25) is 0 Å². The lowest BCUT2D eigenvalue weighted by Gasteiger charge is -2.18. The Morgan fingerprint density at radius 3 is 2.24 bits per heavy atom. The maximum Gasteiger partial charge on any atom is 0.359 e. The molecule has 172 valence electrons. The van der Waals surface area contributed by atoms with E-state index in [0.29, 0.717) is 12.1 Å². The third-order valence-corrected chi connectivity index (χ3v) is 5.83. The highest BCUT2D eigenvalue weighted by atomic mass is 19.1. The van der Waals surface area contributed by atoms with E-state index in [1.165, 1.54) is 31.2 Å². The van der Waals surface area contributed by atoms with Crippen LogP contribution in [0.4, 0.5) is 8.78 Å². The van der Waals surface area contributed by atoms with Crippen LogP contribution in [-0.2, 0) is 22.4 Å². The van der Waals surface area contributed by atoms with Crippen molar-refractivity contribution in [1.29, 1.82) is 0 Å². The zero-order valence-electron chi connectivity index (χ0n) is 18.5. The summed E-state index contributed by atoms with van der Waals surface area (Å²) in [7, 11) is 0. The van der Waals surface area contributed by atoms with E-state index in [-0.39, 0.29) is 23.4 Å². The Balaban J connectivity index is 1.49. The Bertz CT molecular complexity index is 1160. The Morgan fingerprint density at radius 1 is 0.970 bits per heavy atom. The molecule has 1 aromatic heterocycles. The number of esters is 1. The van der Waals surface area contributed by atoms with E-state index >= 15 is 0 Å². The summed E-state index contributed by atoms with van der Waals surface area (Å²) >= 11 is 0. The fourth-order valence-corrected chi connectivity index (χ4v) is 3.99. The predicted molar refractivity (Wildman–Crippen MR) is 118 cm³/mol. The molecule has 0 aliphatic heterocycles. The minimum Gasteiger partial charge on any atom is -0.448 e. The van der Waals surface area contributed by atoms with Crippen LogP contribution in [0.5, 0.6) is 0 Å². The van der Waals surface area contributed by atoms with Crippen LogP contribution in [0, 0.1) is 11.6 Å². The number of nitrogens with one attached hydrogen (secondary N) is 1. The zero-order chi connectivity index (χ0) is 23.5. The van der Waals surface area contributed by atoms with Crippen LogP contribution in [0.2, 0.25) is 0 Å². The second-order valence-electron chi connectivity index (χ2n) is 8.20. The smallest absolute Gasteiger partial charge is 0.359 e. The molecule has 33 heavy (non-hydrogen) atoms. The number of nitrogens with zero attached hydrogens (tertiary/aromatic N) is 2. The average Bonchev–Trinajstić information content (AvgIpc) is 3.20. The third kappa shape index (κ3) is 4.94. The number of benzene rings is 2. The van der Waals surface area contributed by atoms with Gasteiger partial charge in [-0.25, -0.2) is 18.3 Å². The van der Waals surface area contributed by atoms with E-state index < -0.39 is 18.0 Å². The van der Waals surface area contributed by atoms with Crippen molar-refractivity contribution in [2.45, 2.75) is 51.7 Å². The normalized spacial score (nSPS) is 14.8. The SMILES string of the molecule is C[C@H](OC(=O)c1nn(-c2ccc(F)cc2)c2c1CCCC2)C(=O)N[C@@H](C)c1ccc(F)cc1. The lowest BCUT2D eigenvalue weighted by Crippen LogP contribution is -2.37. The molecule has 0 fully saturated rings. The highest BCUT2D eigenvalue weighted by Gasteiger charge is 2.29. The lowest BCUT2D eigenvalue weighted by atomic mass is 9.95. The van der Waals surface area contributed by atoms with Gasteiger partial charge in [-0.1, -0.05) is 12.1 Å². The van der Waals surface area contributed by atoms with E-state index in [4.69, 9.17) is 4.74 Å². The van der Waals surface area contributed by atoms with Crippen molar-refractivity contribution in [2.75, 3.05) is 0 Å². The quantitative estimate of drug-likeness (QED) is 0.560. The summed E-state index contributed by atoms with van der Waals surface area (Å²) in [5.74, 6) is -1.85. The molecule has 0 saturated carbocycles. The summed E-state index contributed by atoms with van der Waals surface area (Å²) < 4.78 is 33.6. The highest BCUT2D eigenvalue weighted by molar-refractivity contribution is 5.92. The molecule has 1 heterocycles. The van der Waals surface area contributed by atoms with Crippen molar-refractivity contribution in [2.24, 2.45) is 0 Å². The predicted octanol–water partition coefficient (Wildman–Crippen LogP) is 4.45. The molecule has 0 spiro atoms. The molecular formula is C25H25F2N3O3. The van der Waals surface area contributed by atoms with E-state index in [1.54, 1.807) is 35.9 Å². The first kappa shape index (κ1) is 22.6. The van der Waals surface area contributed by atoms with E-state index in [0.717, 1.165) is 36.1 Å². The first-order chi connectivity index (χ1) is 15.8. The minimum atomic E-state index is -1.05. The molecule has 3 aromatic rings. The Kier molecular flexibility index (Phi) is 6.53. The number of hydrogen-bond donors (Lipinski definition) is 1. The molecular weight excluding hydrogens is 428 g/mol. The second-order valence-corrected chi connectivity index (χ2v) is 8.20. The van der Waals surface area contributed by atoms with Gasteiger partial charge in [-0.05, 0) is 81.5 Å². The molecule has 2 aromatic carbocycles. The Hall–Kier alpha value is -3.55. The standard InChI is InChI=1S/C25H25F2N3O3/c1-15(17-7-9-18(26)10-8-17)28-24(31)16(2)33-25(32)23-21-5-3-4-6-22(21)30(29-23)20-13-11-19(27)12-14-20/h7-16H,3-6H2,1-2H3,(H,28,31)/t15-,16-/m0/s1. The topological polar surface area (TPSA) is 73.2 Å². The van der Waals surface area contributed by atoms with Crippen LogP contribution in [0.3, 0.4) is 0 Å². The number of carbonyl (C=O) groups excluding carboxylic acids is 2. The molecule has 1 amide bonds. The summed E-state index contributed by atoms with van der Waals surface area (Å²) in [6.45, 7) is 3.26. The maximum atomic E-state index is 13.4. The van der Waals surface area contributed by atoms with Gasteiger partial charge in [0.05, 0.1) is 11.7 Å². The molecule has 0 radical (unpaired) electrons. The molecule has 2 atom stereocenters. The molecule has 1 aliphatic carbocycles. The van der Waals surface area contributed by atoms with Crippen LogP contribution < -0.4 is 5.32 Å². The van der Waals surface area contributed by atoms with Crippen LogP contribution >= 0.6 is 0 Å². The molecule has 0 saturated heterocycles. The van der Waals surface area contributed by atoms with Crippen LogP contribution in [-0.4, -0.2) is 27.8 Å².